The second-order valence-corrected chi connectivity index (χ2v) is 4.15. The summed E-state index contributed by atoms with van der Waals surface area (Å²) in [6.07, 6.45) is -3.80. The van der Waals surface area contributed by atoms with E-state index in [0.717, 1.165) is 18.2 Å². The first-order valence-electron chi connectivity index (χ1n) is 5.39. The number of halogens is 4. The SMILES string of the molecule is CCC(C)[C@@H](N)c1cc(C(F)(F)F)ccc1F. The van der Waals surface area contributed by atoms with Gasteiger partial charge in [0.15, 0.2) is 0 Å². The molecule has 96 valence electrons. The van der Waals surface area contributed by atoms with E-state index in [9.17, 15) is 17.6 Å². The van der Waals surface area contributed by atoms with E-state index in [-0.39, 0.29) is 11.5 Å². The predicted octanol–water partition coefficient (Wildman–Crippen LogP) is 3.89. The first kappa shape index (κ1) is 14.0. The summed E-state index contributed by atoms with van der Waals surface area (Å²) in [7, 11) is 0. The fourth-order valence-corrected chi connectivity index (χ4v) is 1.54. The molecule has 1 aromatic rings. The number of hydrogen-bond donors (Lipinski definition) is 1. The Balaban J connectivity index is 3.15. The second-order valence-electron chi connectivity index (χ2n) is 4.15. The van der Waals surface area contributed by atoms with Gasteiger partial charge in [0.2, 0.25) is 0 Å². The highest BCUT2D eigenvalue weighted by atomic mass is 19.4. The fourth-order valence-electron chi connectivity index (χ4n) is 1.54. The van der Waals surface area contributed by atoms with Gasteiger partial charge in [-0.25, -0.2) is 4.39 Å². The quantitative estimate of drug-likeness (QED) is 0.808. The van der Waals surface area contributed by atoms with Gasteiger partial charge in [0.05, 0.1) is 5.56 Å². The highest BCUT2D eigenvalue weighted by molar-refractivity contribution is 5.29. The molecule has 17 heavy (non-hydrogen) atoms. The third-order valence-electron chi connectivity index (χ3n) is 2.94. The van der Waals surface area contributed by atoms with Gasteiger partial charge in [-0.15, -0.1) is 0 Å². The zero-order chi connectivity index (χ0) is 13.2. The Morgan fingerprint density at radius 2 is 1.88 bits per heavy atom. The molecule has 0 aliphatic carbocycles. The molecule has 0 aliphatic rings. The van der Waals surface area contributed by atoms with Gasteiger partial charge >= 0.3 is 6.18 Å². The number of rotatable bonds is 3. The minimum Gasteiger partial charge on any atom is -0.324 e. The smallest absolute Gasteiger partial charge is 0.324 e. The Morgan fingerprint density at radius 1 is 1.29 bits per heavy atom. The van der Waals surface area contributed by atoms with E-state index in [1.54, 1.807) is 6.92 Å². The van der Waals surface area contributed by atoms with E-state index in [1.807, 2.05) is 6.92 Å². The second kappa shape index (κ2) is 5.04. The zero-order valence-electron chi connectivity index (χ0n) is 9.68. The van der Waals surface area contributed by atoms with E-state index >= 15 is 0 Å². The summed E-state index contributed by atoms with van der Waals surface area (Å²) in [5, 5.41) is 0. The largest absolute Gasteiger partial charge is 0.416 e. The van der Waals surface area contributed by atoms with Gasteiger partial charge in [-0.05, 0) is 24.1 Å². The summed E-state index contributed by atoms with van der Waals surface area (Å²) in [5.41, 5.74) is 4.81. The molecule has 0 heterocycles. The maximum absolute atomic E-state index is 13.5. The van der Waals surface area contributed by atoms with Crippen LogP contribution in [0.15, 0.2) is 18.2 Å². The Morgan fingerprint density at radius 3 is 2.35 bits per heavy atom. The van der Waals surface area contributed by atoms with Crippen molar-refractivity contribution in [3.8, 4) is 0 Å². The molecule has 0 aliphatic heterocycles. The molecule has 0 amide bonds. The van der Waals surface area contributed by atoms with Crippen LogP contribution in [-0.2, 0) is 6.18 Å². The third kappa shape index (κ3) is 3.19. The van der Waals surface area contributed by atoms with Gasteiger partial charge in [-0.2, -0.15) is 13.2 Å². The highest BCUT2D eigenvalue weighted by Crippen LogP contribution is 2.33. The van der Waals surface area contributed by atoms with Crippen molar-refractivity contribution in [1.29, 1.82) is 0 Å². The van der Waals surface area contributed by atoms with Crippen molar-refractivity contribution in [3.63, 3.8) is 0 Å². The summed E-state index contributed by atoms with van der Waals surface area (Å²) in [4.78, 5) is 0. The number of nitrogens with two attached hydrogens (primary N) is 1. The fraction of sp³-hybridized carbons (Fsp3) is 0.500. The molecule has 0 bridgehead atoms. The topological polar surface area (TPSA) is 26.0 Å². The van der Waals surface area contributed by atoms with Crippen LogP contribution >= 0.6 is 0 Å². The first-order valence-corrected chi connectivity index (χ1v) is 5.39. The van der Waals surface area contributed by atoms with Crippen LogP contribution in [0.25, 0.3) is 0 Å². The molecule has 1 unspecified atom stereocenters. The van der Waals surface area contributed by atoms with Gasteiger partial charge in [0.1, 0.15) is 5.82 Å². The molecule has 0 radical (unpaired) electrons. The van der Waals surface area contributed by atoms with Crippen molar-refractivity contribution in [2.45, 2.75) is 32.5 Å². The number of benzene rings is 1. The predicted molar refractivity (Wildman–Crippen MR) is 57.8 cm³/mol. The minimum atomic E-state index is -4.47. The lowest BCUT2D eigenvalue weighted by atomic mass is 9.92. The maximum Gasteiger partial charge on any atom is 0.416 e. The van der Waals surface area contributed by atoms with Crippen molar-refractivity contribution >= 4 is 0 Å². The van der Waals surface area contributed by atoms with Crippen LogP contribution in [0.2, 0.25) is 0 Å². The van der Waals surface area contributed by atoms with Crippen molar-refractivity contribution in [2.24, 2.45) is 11.7 Å². The highest BCUT2D eigenvalue weighted by Gasteiger charge is 2.32. The van der Waals surface area contributed by atoms with Crippen LogP contribution in [0.4, 0.5) is 17.6 Å². The molecule has 0 spiro atoms. The standard InChI is InChI=1S/C12H15F4N/c1-3-7(2)11(17)9-6-8(12(14,15)16)4-5-10(9)13/h4-7,11H,3,17H2,1-2H3/t7?,11-/m1/s1. The average Bonchev–Trinajstić information content (AvgIpc) is 2.26. The van der Waals surface area contributed by atoms with Crippen molar-refractivity contribution in [1.82, 2.24) is 0 Å². The van der Waals surface area contributed by atoms with Gasteiger partial charge in [0.25, 0.3) is 0 Å². The van der Waals surface area contributed by atoms with Crippen LogP contribution in [0.3, 0.4) is 0 Å². The average molecular weight is 249 g/mol. The van der Waals surface area contributed by atoms with Gasteiger partial charge in [0, 0.05) is 11.6 Å². The molecule has 1 aromatic carbocycles. The zero-order valence-corrected chi connectivity index (χ0v) is 9.68. The first-order chi connectivity index (χ1) is 7.77. The van der Waals surface area contributed by atoms with E-state index in [4.69, 9.17) is 5.73 Å². The van der Waals surface area contributed by atoms with Crippen molar-refractivity contribution < 1.29 is 17.6 Å². The molecule has 2 N–H and O–H groups in total. The van der Waals surface area contributed by atoms with Gasteiger partial charge in [-0.1, -0.05) is 20.3 Å². The molecular formula is C12H15F4N. The molecule has 0 aromatic heterocycles. The summed E-state index contributed by atoms with van der Waals surface area (Å²) in [6, 6.07) is 1.62. The molecule has 1 nitrogen and oxygen atoms in total. The van der Waals surface area contributed by atoms with E-state index < -0.39 is 23.6 Å². The number of hydrogen-bond acceptors (Lipinski definition) is 1. The lowest BCUT2D eigenvalue weighted by Crippen LogP contribution is -2.20. The van der Waals surface area contributed by atoms with Crippen LogP contribution in [0.5, 0.6) is 0 Å². The minimum absolute atomic E-state index is 0.0748. The molecule has 2 atom stereocenters. The van der Waals surface area contributed by atoms with Gasteiger partial charge < -0.3 is 5.73 Å². The normalized spacial score (nSPS) is 15.7. The molecule has 0 saturated carbocycles. The third-order valence-corrected chi connectivity index (χ3v) is 2.94. The summed E-state index contributed by atoms with van der Waals surface area (Å²) in [6.45, 7) is 3.64. The lowest BCUT2D eigenvalue weighted by molar-refractivity contribution is -0.137. The van der Waals surface area contributed by atoms with E-state index in [1.165, 1.54) is 0 Å². The molecule has 0 fully saturated rings. The summed E-state index contributed by atoms with van der Waals surface area (Å²) in [5.74, 6) is -0.765. The van der Waals surface area contributed by atoms with Gasteiger partial charge in [-0.3, -0.25) is 0 Å². The Kier molecular flexibility index (Phi) is 4.14. The van der Waals surface area contributed by atoms with Crippen molar-refractivity contribution in [3.05, 3.63) is 35.1 Å². The Hall–Kier alpha value is -1.10. The maximum atomic E-state index is 13.5. The van der Waals surface area contributed by atoms with Crippen LogP contribution in [0, 0.1) is 11.7 Å². The van der Waals surface area contributed by atoms with Crippen molar-refractivity contribution in [2.75, 3.05) is 0 Å². The number of alkyl halides is 3. The summed E-state index contributed by atoms with van der Waals surface area (Å²) < 4.78 is 50.9. The molecular weight excluding hydrogens is 234 g/mol. The lowest BCUT2D eigenvalue weighted by Gasteiger charge is -2.20. The van der Waals surface area contributed by atoms with E-state index in [0.29, 0.717) is 6.42 Å². The Bertz CT molecular complexity index is 387. The monoisotopic (exact) mass is 249 g/mol. The molecule has 1 rings (SSSR count). The molecule has 0 saturated heterocycles. The van der Waals surface area contributed by atoms with Crippen LogP contribution in [0.1, 0.15) is 37.4 Å². The Labute approximate surface area is 97.6 Å². The van der Waals surface area contributed by atoms with E-state index in [2.05, 4.69) is 0 Å². The van der Waals surface area contributed by atoms with Crippen LogP contribution < -0.4 is 5.73 Å². The van der Waals surface area contributed by atoms with Crippen LogP contribution in [-0.4, -0.2) is 0 Å². The molecule has 5 heteroatoms. The summed E-state index contributed by atoms with van der Waals surface area (Å²) >= 11 is 0.